The zero-order valence-corrected chi connectivity index (χ0v) is 18.9. The van der Waals surface area contributed by atoms with Crippen LogP contribution < -0.4 is 14.3 Å². The van der Waals surface area contributed by atoms with Crippen molar-refractivity contribution in [3.05, 3.63) is 75.4 Å². The van der Waals surface area contributed by atoms with Crippen LogP contribution in [-0.4, -0.2) is 31.7 Å². The van der Waals surface area contributed by atoms with Gasteiger partial charge in [-0.15, -0.1) is 11.3 Å². The fraction of sp³-hybridized carbons (Fsp3) is 0.250. The number of aromatic nitrogens is 1. The first-order chi connectivity index (χ1) is 14.4. The fourth-order valence-corrected chi connectivity index (χ4v) is 3.77. The van der Waals surface area contributed by atoms with E-state index in [1.54, 1.807) is 14.2 Å². The Hall–Kier alpha value is -3.12. The summed E-state index contributed by atoms with van der Waals surface area (Å²) in [7, 11) is 3.31. The summed E-state index contributed by atoms with van der Waals surface area (Å²) in [6.45, 7) is 10.6. The molecule has 3 rings (SSSR count). The number of thiazole rings is 1. The van der Waals surface area contributed by atoms with Crippen molar-refractivity contribution in [3.8, 4) is 22.8 Å². The van der Waals surface area contributed by atoms with Gasteiger partial charge in [-0.1, -0.05) is 35.9 Å². The van der Waals surface area contributed by atoms with Crippen molar-refractivity contribution in [3.63, 3.8) is 0 Å². The van der Waals surface area contributed by atoms with Gasteiger partial charge >= 0.3 is 0 Å². The van der Waals surface area contributed by atoms with Gasteiger partial charge in [0.1, 0.15) is 11.5 Å². The summed E-state index contributed by atoms with van der Waals surface area (Å²) in [5, 5.41) is 6.84. The number of hydrogen-bond donors (Lipinski definition) is 0. The SMILES string of the molecule is C=C(C)CN=c1scc(-c2cc(OC)ccc2OC)n1N=Cc1cc(C)ccc1C. The van der Waals surface area contributed by atoms with Gasteiger partial charge in [-0.05, 0) is 50.1 Å². The highest BCUT2D eigenvalue weighted by molar-refractivity contribution is 7.07. The number of hydrogen-bond acceptors (Lipinski definition) is 5. The van der Waals surface area contributed by atoms with E-state index in [9.17, 15) is 0 Å². The number of aryl methyl sites for hydroxylation is 2. The molecule has 0 saturated carbocycles. The van der Waals surface area contributed by atoms with E-state index in [1.807, 2.05) is 41.4 Å². The van der Waals surface area contributed by atoms with Crippen LogP contribution in [0.4, 0.5) is 0 Å². The second kappa shape index (κ2) is 9.59. The molecule has 30 heavy (non-hydrogen) atoms. The molecule has 0 radical (unpaired) electrons. The molecule has 0 saturated heterocycles. The molecule has 2 aromatic carbocycles. The Bertz CT molecular complexity index is 1160. The molecule has 3 aromatic rings. The Morgan fingerprint density at radius 3 is 2.63 bits per heavy atom. The predicted molar refractivity (Wildman–Crippen MR) is 125 cm³/mol. The van der Waals surface area contributed by atoms with E-state index in [0.29, 0.717) is 6.54 Å². The van der Waals surface area contributed by atoms with E-state index in [0.717, 1.165) is 38.7 Å². The Labute approximate surface area is 181 Å². The zero-order chi connectivity index (χ0) is 21.7. The topological polar surface area (TPSA) is 48.1 Å². The summed E-state index contributed by atoms with van der Waals surface area (Å²) in [6, 6.07) is 12.1. The molecule has 0 amide bonds. The summed E-state index contributed by atoms with van der Waals surface area (Å²) in [5.74, 6) is 1.50. The third-order valence-electron chi connectivity index (χ3n) is 4.60. The largest absolute Gasteiger partial charge is 0.497 e. The van der Waals surface area contributed by atoms with Gasteiger partial charge in [-0.2, -0.15) is 5.10 Å². The molecule has 0 unspecified atom stereocenters. The third kappa shape index (κ3) is 4.89. The minimum atomic E-state index is 0.550. The van der Waals surface area contributed by atoms with Crippen LogP contribution in [0.25, 0.3) is 11.3 Å². The Morgan fingerprint density at radius 1 is 1.13 bits per heavy atom. The maximum Gasteiger partial charge on any atom is 0.206 e. The fourth-order valence-electron chi connectivity index (χ4n) is 2.94. The Morgan fingerprint density at radius 2 is 1.93 bits per heavy atom. The standard InChI is InChI=1S/C24H27N3O2S/c1-16(2)13-25-24-27(26-14-19-11-17(3)7-8-18(19)4)22(15-30-24)21-12-20(28-5)9-10-23(21)29-6/h7-12,14-15H,1,13H2,2-6H3. The average Bonchev–Trinajstić information content (AvgIpc) is 3.14. The van der Waals surface area contributed by atoms with Crippen LogP contribution in [0.1, 0.15) is 23.6 Å². The summed E-state index contributed by atoms with van der Waals surface area (Å²) >= 11 is 1.53. The van der Waals surface area contributed by atoms with Crippen molar-refractivity contribution in [2.75, 3.05) is 20.8 Å². The van der Waals surface area contributed by atoms with Crippen LogP contribution in [-0.2, 0) is 0 Å². The Kier molecular flexibility index (Phi) is 6.90. The lowest BCUT2D eigenvalue weighted by atomic mass is 10.1. The zero-order valence-electron chi connectivity index (χ0n) is 18.1. The summed E-state index contributed by atoms with van der Waals surface area (Å²) in [6.07, 6.45) is 1.88. The van der Waals surface area contributed by atoms with Crippen molar-refractivity contribution in [1.82, 2.24) is 4.68 Å². The van der Waals surface area contributed by atoms with Gasteiger partial charge in [-0.25, -0.2) is 4.68 Å². The van der Waals surface area contributed by atoms with Crippen LogP contribution in [0.15, 0.2) is 64.0 Å². The molecular weight excluding hydrogens is 394 g/mol. The maximum atomic E-state index is 5.60. The first kappa shape index (κ1) is 21.6. The lowest BCUT2D eigenvalue weighted by Crippen LogP contribution is -2.13. The highest BCUT2D eigenvalue weighted by atomic mass is 32.1. The van der Waals surface area contributed by atoms with Crippen LogP contribution in [0.3, 0.4) is 0 Å². The average molecular weight is 422 g/mol. The van der Waals surface area contributed by atoms with Gasteiger partial charge in [0.15, 0.2) is 0 Å². The number of benzene rings is 2. The molecule has 0 bridgehead atoms. The molecule has 0 aliphatic carbocycles. The van der Waals surface area contributed by atoms with Crippen molar-refractivity contribution < 1.29 is 9.47 Å². The highest BCUT2D eigenvalue weighted by Gasteiger charge is 2.14. The summed E-state index contributed by atoms with van der Waals surface area (Å²) in [4.78, 5) is 5.49. The molecule has 0 aliphatic heterocycles. The first-order valence-corrected chi connectivity index (χ1v) is 10.5. The summed E-state index contributed by atoms with van der Waals surface area (Å²) < 4.78 is 12.9. The van der Waals surface area contributed by atoms with Crippen LogP contribution in [0, 0.1) is 13.8 Å². The smallest absolute Gasteiger partial charge is 0.206 e. The molecule has 5 nitrogen and oxygen atoms in total. The molecule has 0 fully saturated rings. The maximum absolute atomic E-state index is 5.60. The van der Waals surface area contributed by atoms with Crippen molar-refractivity contribution in [2.45, 2.75) is 20.8 Å². The molecule has 0 atom stereocenters. The van der Waals surface area contributed by atoms with Gasteiger partial charge < -0.3 is 9.47 Å². The van der Waals surface area contributed by atoms with Crippen LogP contribution in [0.5, 0.6) is 11.5 Å². The van der Waals surface area contributed by atoms with Gasteiger partial charge in [0.2, 0.25) is 4.80 Å². The van der Waals surface area contributed by atoms with Crippen LogP contribution >= 0.6 is 11.3 Å². The number of nitrogens with zero attached hydrogens (tertiary/aromatic N) is 3. The van der Waals surface area contributed by atoms with Crippen molar-refractivity contribution >= 4 is 17.6 Å². The normalized spacial score (nSPS) is 11.8. The molecular formula is C24H27N3O2S. The van der Waals surface area contributed by atoms with Gasteiger partial charge in [0.25, 0.3) is 0 Å². The number of methoxy groups -OCH3 is 2. The van der Waals surface area contributed by atoms with E-state index in [4.69, 9.17) is 19.6 Å². The van der Waals surface area contributed by atoms with E-state index in [1.165, 1.54) is 22.5 Å². The monoisotopic (exact) mass is 421 g/mol. The minimum Gasteiger partial charge on any atom is -0.497 e. The van der Waals surface area contributed by atoms with Crippen molar-refractivity contribution in [1.29, 1.82) is 0 Å². The Balaban J connectivity index is 2.18. The molecule has 1 aromatic heterocycles. The number of rotatable bonds is 7. The molecule has 156 valence electrons. The van der Waals surface area contributed by atoms with E-state index < -0.39 is 0 Å². The first-order valence-electron chi connectivity index (χ1n) is 9.62. The van der Waals surface area contributed by atoms with Gasteiger partial charge in [0.05, 0.1) is 32.7 Å². The second-order valence-electron chi connectivity index (χ2n) is 7.16. The lowest BCUT2D eigenvalue weighted by molar-refractivity contribution is 0.404. The van der Waals surface area contributed by atoms with Crippen molar-refractivity contribution in [2.24, 2.45) is 10.1 Å². The van der Waals surface area contributed by atoms with E-state index in [-0.39, 0.29) is 0 Å². The van der Waals surface area contributed by atoms with Crippen LogP contribution in [0.2, 0.25) is 0 Å². The minimum absolute atomic E-state index is 0.550. The predicted octanol–water partition coefficient (Wildman–Crippen LogP) is 5.21. The van der Waals surface area contributed by atoms with Gasteiger partial charge in [0, 0.05) is 10.9 Å². The summed E-state index contributed by atoms with van der Waals surface area (Å²) in [5.41, 5.74) is 6.21. The van der Waals surface area contributed by atoms with E-state index >= 15 is 0 Å². The van der Waals surface area contributed by atoms with Gasteiger partial charge in [-0.3, -0.25) is 4.99 Å². The highest BCUT2D eigenvalue weighted by Crippen LogP contribution is 2.33. The number of ether oxygens (including phenoxy) is 2. The molecule has 0 spiro atoms. The third-order valence-corrected chi connectivity index (χ3v) is 5.45. The molecule has 6 heteroatoms. The second-order valence-corrected chi connectivity index (χ2v) is 8.00. The molecule has 1 heterocycles. The molecule has 0 N–H and O–H groups in total. The van der Waals surface area contributed by atoms with E-state index in [2.05, 4.69) is 38.6 Å². The molecule has 0 aliphatic rings. The lowest BCUT2D eigenvalue weighted by Gasteiger charge is -2.11. The quantitative estimate of drug-likeness (QED) is 0.388.